The highest BCUT2D eigenvalue weighted by Crippen LogP contribution is 2.39. The number of aromatic nitrogens is 2. The van der Waals surface area contributed by atoms with E-state index < -0.39 is 0 Å². The Morgan fingerprint density at radius 1 is 1.27 bits per heavy atom. The molecule has 0 aliphatic carbocycles. The number of likely N-dealkylation sites (N-methyl/N-ethyl adjacent to an activating group) is 1. The summed E-state index contributed by atoms with van der Waals surface area (Å²) in [4.78, 5) is 37.1. The first-order chi connectivity index (χ1) is 14.5. The molecular formula is C23H25N5O2. The molecule has 1 unspecified atom stereocenters. The molecule has 30 heavy (non-hydrogen) atoms. The third-order valence-electron chi connectivity index (χ3n) is 6.23. The molecule has 7 heteroatoms. The van der Waals surface area contributed by atoms with Gasteiger partial charge in [-0.05, 0) is 30.0 Å². The van der Waals surface area contributed by atoms with Crippen LogP contribution < -0.4 is 10.2 Å². The summed E-state index contributed by atoms with van der Waals surface area (Å²) in [6.07, 6.45) is 2.42. The minimum Gasteiger partial charge on any atom is -0.359 e. The summed E-state index contributed by atoms with van der Waals surface area (Å²) in [5.74, 6) is 0.776. The summed E-state index contributed by atoms with van der Waals surface area (Å²) in [6.45, 7) is 5.16. The van der Waals surface area contributed by atoms with Gasteiger partial charge in [0.25, 0.3) is 5.91 Å². The van der Waals surface area contributed by atoms with Crippen LogP contribution in [0.25, 0.3) is 10.9 Å². The van der Waals surface area contributed by atoms with Crippen LogP contribution in [-0.4, -0.2) is 46.8 Å². The van der Waals surface area contributed by atoms with Gasteiger partial charge in [0.05, 0.1) is 23.8 Å². The van der Waals surface area contributed by atoms with Crippen LogP contribution >= 0.6 is 0 Å². The second-order valence-corrected chi connectivity index (χ2v) is 8.40. The molecule has 2 aliphatic heterocycles. The first-order valence-corrected chi connectivity index (χ1v) is 10.4. The number of fused-ring (bicyclic) bond motifs is 4. The molecule has 1 atom stereocenters. The predicted octanol–water partition coefficient (Wildman–Crippen LogP) is 3.35. The third kappa shape index (κ3) is 2.76. The van der Waals surface area contributed by atoms with Gasteiger partial charge in [-0.3, -0.25) is 9.59 Å². The SMILES string of the molecule is CC(C)C1c2[nH]c3ccccc3c2CCN1C(=O)c1cnc2c(c1)N(C)C(=O)CN2. The number of amides is 2. The number of hydrogen-bond donors (Lipinski definition) is 2. The van der Waals surface area contributed by atoms with Crippen molar-refractivity contribution in [3.8, 4) is 0 Å². The first-order valence-electron chi connectivity index (χ1n) is 10.4. The molecule has 4 heterocycles. The van der Waals surface area contributed by atoms with Gasteiger partial charge in [0, 0.05) is 36.4 Å². The second kappa shape index (κ2) is 6.86. The number of carbonyl (C=O) groups is 2. The van der Waals surface area contributed by atoms with Gasteiger partial charge in [-0.25, -0.2) is 4.98 Å². The number of nitrogens with zero attached hydrogens (tertiary/aromatic N) is 3. The summed E-state index contributed by atoms with van der Waals surface area (Å²) in [6, 6.07) is 10.1. The van der Waals surface area contributed by atoms with E-state index in [9.17, 15) is 9.59 Å². The molecule has 7 nitrogen and oxygen atoms in total. The topological polar surface area (TPSA) is 81.3 Å². The molecule has 0 radical (unpaired) electrons. The molecule has 2 N–H and O–H groups in total. The summed E-state index contributed by atoms with van der Waals surface area (Å²) in [5.41, 5.74) is 4.70. The zero-order valence-corrected chi connectivity index (χ0v) is 17.4. The van der Waals surface area contributed by atoms with E-state index in [2.05, 4.69) is 47.3 Å². The van der Waals surface area contributed by atoms with E-state index in [1.165, 1.54) is 10.9 Å². The molecule has 0 bridgehead atoms. The Morgan fingerprint density at radius 2 is 2.07 bits per heavy atom. The average Bonchev–Trinajstić information content (AvgIpc) is 3.13. The Kier molecular flexibility index (Phi) is 4.27. The fourth-order valence-electron chi connectivity index (χ4n) is 4.73. The van der Waals surface area contributed by atoms with Crippen LogP contribution in [0.4, 0.5) is 11.5 Å². The minimum atomic E-state index is -0.0558. The van der Waals surface area contributed by atoms with E-state index in [0.29, 0.717) is 23.6 Å². The molecule has 5 rings (SSSR count). The number of rotatable bonds is 2. The maximum Gasteiger partial charge on any atom is 0.256 e. The summed E-state index contributed by atoms with van der Waals surface area (Å²) in [5, 5.41) is 4.25. The van der Waals surface area contributed by atoms with Gasteiger partial charge in [0.2, 0.25) is 5.91 Å². The van der Waals surface area contributed by atoms with Crippen molar-refractivity contribution in [2.24, 2.45) is 5.92 Å². The number of H-pyrrole nitrogens is 1. The quantitative estimate of drug-likeness (QED) is 0.688. The zero-order valence-electron chi connectivity index (χ0n) is 17.4. The number of hydrogen-bond acceptors (Lipinski definition) is 4. The largest absolute Gasteiger partial charge is 0.359 e. The molecule has 1 aromatic carbocycles. The van der Waals surface area contributed by atoms with Crippen LogP contribution in [0, 0.1) is 5.92 Å². The Labute approximate surface area is 175 Å². The van der Waals surface area contributed by atoms with Crippen LogP contribution in [0.2, 0.25) is 0 Å². The number of anilines is 2. The Morgan fingerprint density at radius 3 is 2.87 bits per heavy atom. The lowest BCUT2D eigenvalue weighted by atomic mass is 9.90. The van der Waals surface area contributed by atoms with Crippen molar-refractivity contribution in [2.45, 2.75) is 26.3 Å². The van der Waals surface area contributed by atoms with Gasteiger partial charge < -0.3 is 20.1 Å². The number of carbonyl (C=O) groups excluding carboxylic acids is 2. The smallest absolute Gasteiger partial charge is 0.256 e. The van der Waals surface area contributed by atoms with Gasteiger partial charge >= 0.3 is 0 Å². The fraction of sp³-hybridized carbons (Fsp3) is 0.348. The van der Waals surface area contributed by atoms with Gasteiger partial charge in [-0.2, -0.15) is 0 Å². The standard InChI is InChI=1S/C23H25N5O2/c1-13(2)21-20-16(15-6-4-5-7-17(15)26-20)8-9-28(21)23(30)14-10-18-22(24-11-14)25-12-19(29)27(18)3/h4-7,10-11,13,21,26H,8-9,12H2,1-3H3,(H,24,25). The average molecular weight is 403 g/mol. The molecule has 2 aromatic heterocycles. The Bertz CT molecular complexity index is 1170. The van der Waals surface area contributed by atoms with Crippen molar-refractivity contribution in [3.63, 3.8) is 0 Å². The van der Waals surface area contributed by atoms with Gasteiger partial charge in [0.1, 0.15) is 5.82 Å². The maximum absolute atomic E-state index is 13.6. The van der Waals surface area contributed by atoms with Crippen LogP contribution in [0.15, 0.2) is 36.5 Å². The molecule has 3 aromatic rings. The van der Waals surface area contributed by atoms with Gasteiger partial charge in [0.15, 0.2) is 0 Å². The first kappa shape index (κ1) is 18.7. The van der Waals surface area contributed by atoms with Gasteiger partial charge in [-0.15, -0.1) is 0 Å². The Hall–Kier alpha value is -3.35. The number of aromatic amines is 1. The number of benzene rings is 1. The maximum atomic E-state index is 13.6. The second-order valence-electron chi connectivity index (χ2n) is 8.40. The van der Waals surface area contributed by atoms with Crippen molar-refractivity contribution < 1.29 is 9.59 Å². The number of para-hydroxylation sites is 1. The molecule has 0 saturated carbocycles. The molecule has 2 aliphatic rings. The molecule has 0 spiro atoms. The fourth-order valence-corrected chi connectivity index (χ4v) is 4.73. The van der Waals surface area contributed by atoms with Crippen LogP contribution in [0.3, 0.4) is 0 Å². The molecule has 154 valence electrons. The third-order valence-corrected chi connectivity index (χ3v) is 6.23. The summed E-state index contributed by atoms with van der Waals surface area (Å²) in [7, 11) is 1.71. The lowest BCUT2D eigenvalue weighted by Crippen LogP contribution is -2.42. The lowest BCUT2D eigenvalue weighted by Gasteiger charge is -2.38. The normalized spacial score (nSPS) is 18.4. The molecule has 2 amide bonds. The van der Waals surface area contributed by atoms with Crippen LogP contribution in [0.1, 0.15) is 41.5 Å². The molecular weight excluding hydrogens is 378 g/mol. The summed E-state index contributed by atoms with van der Waals surface area (Å²) < 4.78 is 0. The van der Waals surface area contributed by atoms with Crippen molar-refractivity contribution in [3.05, 3.63) is 53.3 Å². The highest BCUT2D eigenvalue weighted by Gasteiger charge is 2.36. The van der Waals surface area contributed by atoms with Crippen molar-refractivity contribution in [2.75, 3.05) is 30.4 Å². The molecule has 0 fully saturated rings. The van der Waals surface area contributed by atoms with Gasteiger partial charge in [-0.1, -0.05) is 32.0 Å². The lowest BCUT2D eigenvalue weighted by molar-refractivity contribution is -0.116. The number of pyridine rings is 1. The van der Waals surface area contributed by atoms with E-state index >= 15 is 0 Å². The zero-order chi connectivity index (χ0) is 21.0. The van der Waals surface area contributed by atoms with Crippen LogP contribution in [0.5, 0.6) is 0 Å². The van der Waals surface area contributed by atoms with E-state index in [4.69, 9.17) is 0 Å². The minimum absolute atomic E-state index is 0.0397. The monoisotopic (exact) mass is 403 g/mol. The van der Waals surface area contributed by atoms with Crippen molar-refractivity contribution >= 4 is 34.2 Å². The van der Waals surface area contributed by atoms with Crippen LogP contribution in [-0.2, 0) is 11.2 Å². The number of nitrogens with one attached hydrogen (secondary N) is 2. The van der Waals surface area contributed by atoms with Crippen molar-refractivity contribution in [1.29, 1.82) is 0 Å². The van der Waals surface area contributed by atoms with Crippen molar-refractivity contribution in [1.82, 2.24) is 14.9 Å². The van der Waals surface area contributed by atoms with E-state index in [1.807, 2.05) is 11.0 Å². The summed E-state index contributed by atoms with van der Waals surface area (Å²) >= 11 is 0. The van der Waals surface area contributed by atoms with E-state index in [0.717, 1.165) is 17.6 Å². The predicted molar refractivity (Wildman–Crippen MR) is 117 cm³/mol. The van der Waals surface area contributed by atoms with E-state index in [1.54, 1.807) is 24.2 Å². The highest BCUT2D eigenvalue weighted by atomic mass is 16.2. The molecule has 0 saturated heterocycles. The van der Waals surface area contributed by atoms with E-state index in [-0.39, 0.29) is 30.3 Å². The Balaban J connectivity index is 1.54. The highest BCUT2D eigenvalue weighted by molar-refractivity contribution is 6.03.